The summed E-state index contributed by atoms with van der Waals surface area (Å²) in [6, 6.07) is 0. The van der Waals surface area contributed by atoms with Crippen LogP contribution < -0.4 is 0 Å². The summed E-state index contributed by atoms with van der Waals surface area (Å²) in [7, 11) is 0. The summed E-state index contributed by atoms with van der Waals surface area (Å²) < 4.78 is 21.5. The van der Waals surface area contributed by atoms with Crippen LogP contribution in [-0.2, 0) is 18.9 Å². The van der Waals surface area contributed by atoms with Crippen molar-refractivity contribution in [2.75, 3.05) is 52.9 Å². The van der Waals surface area contributed by atoms with E-state index in [4.69, 9.17) is 18.9 Å². The van der Waals surface area contributed by atoms with Crippen molar-refractivity contribution in [2.24, 2.45) is 11.8 Å². The lowest BCUT2D eigenvalue weighted by atomic mass is 10.2. The van der Waals surface area contributed by atoms with E-state index in [1.807, 2.05) is 0 Å². The van der Waals surface area contributed by atoms with E-state index in [9.17, 15) is 0 Å². The van der Waals surface area contributed by atoms with Crippen molar-refractivity contribution < 1.29 is 18.9 Å². The molecule has 18 heavy (non-hydrogen) atoms. The number of rotatable bonds is 13. The van der Waals surface area contributed by atoms with E-state index in [-0.39, 0.29) is 0 Å². The van der Waals surface area contributed by atoms with Crippen molar-refractivity contribution in [3.05, 3.63) is 0 Å². The zero-order chi connectivity index (χ0) is 13.6. The van der Waals surface area contributed by atoms with Gasteiger partial charge in [0.05, 0.1) is 39.6 Å². The van der Waals surface area contributed by atoms with Gasteiger partial charge >= 0.3 is 0 Å². The lowest BCUT2D eigenvalue weighted by molar-refractivity contribution is -0.00704. The Morgan fingerprint density at radius 3 is 1.06 bits per heavy atom. The first-order valence-electron chi connectivity index (χ1n) is 6.94. The molecule has 4 heteroatoms. The summed E-state index contributed by atoms with van der Waals surface area (Å²) in [5.74, 6) is 1.17. The van der Waals surface area contributed by atoms with E-state index in [0.29, 0.717) is 51.5 Å². The van der Waals surface area contributed by atoms with Gasteiger partial charge in [0.1, 0.15) is 0 Å². The molecule has 0 saturated carbocycles. The third kappa shape index (κ3) is 15.8. The molecule has 0 bridgehead atoms. The van der Waals surface area contributed by atoms with Gasteiger partial charge in [0.2, 0.25) is 0 Å². The van der Waals surface area contributed by atoms with Crippen molar-refractivity contribution in [2.45, 2.75) is 27.7 Å². The smallest absolute Gasteiger partial charge is 0.0701 e. The molecule has 0 aromatic heterocycles. The van der Waals surface area contributed by atoms with Gasteiger partial charge in [-0.05, 0) is 11.8 Å². The fourth-order valence-electron chi connectivity index (χ4n) is 1.20. The minimum absolute atomic E-state index is 0.583. The van der Waals surface area contributed by atoms with Crippen LogP contribution in [0.3, 0.4) is 0 Å². The van der Waals surface area contributed by atoms with Crippen molar-refractivity contribution in [1.29, 1.82) is 0 Å². The topological polar surface area (TPSA) is 36.9 Å². The lowest BCUT2D eigenvalue weighted by Crippen LogP contribution is -2.13. The molecule has 0 aliphatic rings. The van der Waals surface area contributed by atoms with E-state index in [2.05, 4.69) is 27.7 Å². The van der Waals surface area contributed by atoms with Crippen molar-refractivity contribution in [3.8, 4) is 0 Å². The highest BCUT2D eigenvalue weighted by Crippen LogP contribution is 1.93. The summed E-state index contributed by atoms with van der Waals surface area (Å²) in [5.41, 5.74) is 0. The third-order valence-corrected chi connectivity index (χ3v) is 2.02. The van der Waals surface area contributed by atoms with Crippen LogP contribution in [-0.4, -0.2) is 52.9 Å². The van der Waals surface area contributed by atoms with Gasteiger partial charge in [-0.15, -0.1) is 0 Å². The van der Waals surface area contributed by atoms with Gasteiger partial charge in [-0.2, -0.15) is 0 Å². The Hall–Kier alpha value is -0.160. The predicted molar refractivity (Wildman–Crippen MR) is 73.0 cm³/mol. The van der Waals surface area contributed by atoms with Crippen LogP contribution in [0.4, 0.5) is 0 Å². The monoisotopic (exact) mass is 262 g/mol. The molecule has 0 aromatic rings. The Balaban J connectivity index is 2.95. The first kappa shape index (κ1) is 17.8. The molecule has 0 aromatic carbocycles. The first-order valence-corrected chi connectivity index (χ1v) is 6.94. The highest BCUT2D eigenvalue weighted by atomic mass is 16.6. The zero-order valence-corrected chi connectivity index (χ0v) is 12.4. The number of hydrogen-bond donors (Lipinski definition) is 0. The van der Waals surface area contributed by atoms with Gasteiger partial charge in [0.15, 0.2) is 0 Å². The van der Waals surface area contributed by atoms with Crippen LogP contribution in [0.25, 0.3) is 0 Å². The molecule has 0 atom stereocenters. The molecule has 0 amide bonds. The van der Waals surface area contributed by atoms with Crippen LogP contribution in [0.1, 0.15) is 27.7 Å². The number of hydrogen-bond acceptors (Lipinski definition) is 4. The normalized spacial score (nSPS) is 11.7. The second-order valence-electron chi connectivity index (χ2n) is 5.16. The molecule has 0 spiro atoms. The number of ether oxygens (including phenoxy) is 4. The average Bonchev–Trinajstić information content (AvgIpc) is 2.29. The van der Waals surface area contributed by atoms with Crippen molar-refractivity contribution in [3.63, 3.8) is 0 Å². The maximum atomic E-state index is 5.39. The fourth-order valence-corrected chi connectivity index (χ4v) is 1.20. The molecular formula is C14H30O4. The Labute approximate surface area is 112 Å². The van der Waals surface area contributed by atoms with Gasteiger partial charge in [0, 0.05) is 13.2 Å². The Kier molecular flexibility index (Phi) is 13.2. The van der Waals surface area contributed by atoms with E-state index in [1.165, 1.54) is 0 Å². The summed E-state index contributed by atoms with van der Waals surface area (Å²) in [6.45, 7) is 14.0. The maximum absolute atomic E-state index is 5.39. The average molecular weight is 262 g/mol. The van der Waals surface area contributed by atoms with Gasteiger partial charge < -0.3 is 18.9 Å². The van der Waals surface area contributed by atoms with E-state index in [0.717, 1.165) is 13.2 Å². The second kappa shape index (κ2) is 13.3. The summed E-state index contributed by atoms with van der Waals surface area (Å²) >= 11 is 0. The summed E-state index contributed by atoms with van der Waals surface area (Å²) in [5, 5.41) is 0. The highest BCUT2D eigenvalue weighted by molar-refractivity contribution is 4.41. The zero-order valence-electron chi connectivity index (χ0n) is 12.4. The fraction of sp³-hybridized carbons (Fsp3) is 1.00. The van der Waals surface area contributed by atoms with Crippen LogP contribution in [0.2, 0.25) is 0 Å². The van der Waals surface area contributed by atoms with Gasteiger partial charge in [0.25, 0.3) is 0 Å². The van der Waals surface area contributed by atoms with Crippen molar-refractivity contribution in [1.82, 2.24) is 0 Å². The lowest BCUT2D eigenvalue weighted by Gasteiger charge is -2.09. The molecule has 4 nitrogen and oxygen atoms in total. The SMILES string of the molecule is CC(C)COCCOCCOCCOCC(C)C. The second-order valence-corrected chi connectivity index (χ2v) is 5.16. The van der Waals surface area contributed by atoms with E-state index >= 15 is 0 Å². The van der Waals surface area contributed by atoms with Gasteiger partial charge in [-0.3, -0.25) is 0 Å². The quantitative estimate of drug-likeness (QED) is 0.478. The summed E-state index contributed by atoms with van der Waals surface area (Å²) in [4.78, 5) is 0. The Bertz CT molecular complexity index is 142. The Morgan fingerprint density at radius 2 is 0.778 bits per heavy atom. The largest absolute Gasteiger partial charge is 0.379 e. The van der Waals surface area contributed by atoms with Crippen molar-refractivity contribution >= 4 is 0 Å². The van der Waals surface area contributed by atoms with Crippen LogP contribution >= 0.6 is 0 Å². The molecule has 0 aliphatic carbocycles. The van der Waals surface area contributed by atoms with Gasteiger partial charge in [-0.1, -0.05) is 27.7 Å². The maximum Gasteiger partial charge on any atom is 0.0701 e. The van der Waals surface area contributed by atoms with Crippen LogP contribution in [0, 0.1) is 11.8 Å². The molecule has 0 unspecified atom stereocenters. The first-order chi connectivity index (χ1) is 8.63. The molecular weight excluding hydrogens is 232 g/mol. The summed E-state index contributed by atoms with van der Waals surface area (Å²) in [6.07, 6.45) is 0. The molecule has 0 rings (SSSR count). The predicted octanol–water partition coefficient (Wildman–Crippen LogP) is 2.36. The molecule has 0 heterocycles. The van der Waals surface area contributed by atoms with E-state index < -0.39 is 0 Å². The highest BCUT2D eigenvalue weighted by Gasteiger charge is 1.95. The minimum atomic E-state index is 0.583. The van der Waals surface area contributed by atoms with Gasteiger partial charge in [-0.25, -0.2) is 0 Å². The molecule has 0 fully saturated rings. The Morgan fingerprint density at radius 1 is 0.500 bits per heavy atom. The molecule has 0 radical (unpaired) electrons. The van der Waals surface area contributed by atoms with Crippen LogP contribution in [0.5, 0.6) is 0 Å². The molecule has 0 saturated heterocycles. The standard InChI is InChI=1S/C14H30O4/c1-13(2)11-17-9-7-15-5-6-16-8-10-18-12-14(3)4/h13-14H,5-12H2,1-4H3. The van der Waals surface area contributed by atoms with Crippen LogP contribution in [0.15, 0.2) is 0 Å². The molecule has 0 aliphatic heterocycles. The third-order valence-electron chi connectivity index (χ3n) is 2.02. The molecule has 0 N–H and O–H groups in total. The van der Waals surface area contributed by atoms with E-state index in [1.54, 1.807) is 0 Å². The molecule has 110 valence electrons. The minimum Gasteiger partial charge on any atom is -0.379 e.